The van der Waals surface area contributed by atoms with Crippen molar-refractivity contribution in [2.75, 3.05) is 4.90 Å². The molecule has 0 radical (unpaired) electrons. The Morgan fingerprint density at radius 1 is 0.917 bits per heavy atom. The summed E-state index contributed by atoms with van der Waals surface area (Å²) in [5.74, 6) is 1.61. The Labute approximate surface area is 218 Å². The van der Waals surface area contributed by atoms with Crippen LogP contribution in [0.2, 0.25) is 0 Å². The molecular weight excluding hydrogens is 464 g/mol. The quantitative estimate of drug-likeness (QED) is 0.283. The van der Waals surface area contributed by atoms with E-state index < -0.39 is 0 Å². The molecule has 3 heterocycles. The van der Waals surface area contributed by atoms with Gasteiger partial charge in [-0.05, 0) is 107 Å². The van der Waals surface area contributed by atoms with E-state index in [2.05, 4.69) is 78.7 Å². The van der Waals surface area contributed by atoms with E-state index in [1.807, 2.05) is 54.7 Å². The number of aryl methyl sites for hydroxylation is 2. The number of benzene rings is 2. The van der Waals surface area contributed by atoms with Gasteiger partial charge in [0.15, 0.2) is 5.11 Å². The number of nitrogens with zero attached hydrogens (tertiary/aromatic N) is 3. The van der Waals surface area contributed by atoms with Gasteiger partial charge in [-0.2, -0.15) is 0 Å². The fourth-order valence-electron chi connectivity index (χ4n) is 5.26. The van der Waals surface area contributed by atoms with Crippen LogP contribution in [-0.4, -0.2) is 14.7 Å². The lowest BCUT2D eigenvalue weighted by molar-refractivity contribution is 0.482. The molecule has 0 amide bonds. The molecular formula is C30H32N4OS. The zero-order valence-corrected chi connectivity index (χ0v) is 22.2. The first kappa shape index (κ1) is 24.1. The molecule has 4 aromatic rings. The third-order valence-electron chi connectivity index (χ3n) is 6.83. The van der Waals surface area contributed by atoms with E-state index in [1.54, 1.807) is 0 Å². The van der Waals surface area contributed by atoms with Gasteiger partial charge in [-0.1, -0.05) is 23.8 Å². The van der Waals surface area contributed by atoms with Gasteiger partial charge in [0, 0.05) is 29.3 Å². The normalized spacial score (nSPS) is 17.5. The molecule has 0 aliphatic carbocycles. The number of thiocarbonyl (C=S) groups is 1. The van der Waals surface area contributed by atoms with Gasteiger partial charge >= 0.3 is 0 Å². The maximum atomic E-state index is 6.06. The number of anilines is 1. The summed E-state index contributed by atoms with van der Waals surface area (Å²) in [5, 5.41) is 4.26. The molecule has 2 atom stereocenters. The Morgan fingerprint density at radius 3 is 2.17 bits per heavy atom. The number of aromatic nitrogens is 2. The highest BCUT2D eigenvalue weighted by atomic mass is 32.1. The molecule has 1 aliphatic heterocycles. The molecule has 2 unspecified atom stereocenters. The van der Waals surface area contributed by atoms with Crippen LogP contribution in [0.25, 0.3) is 0 Å². The van der Waals surface area contributed by atoms with Crippen molar-refractivity contribution in [2.45, 2.75) is 52.7 Å². The molecule has 6 heteroatoms. The standard InChI is InChI=1S/C30H32N4OS/c1-19(2)33-21(4)18-26(22(33)5)29-28(27-8-6-7-17-31-27)32-30(36)34(29)23-11-15-25(16-12-23)35-24-13-9-20(3)10-14-24/h6-19,28-29H,1-5H3,(H,32,36). The Bertz CT molecular complexity index is 1360. The van der Waals surface area contributed by atoms with Crippen molar-refractivity contribution in [1.82, 2.24) is 14.9 Å². The van der Waals surface area contributed by atoms with E-state index in [0.29, 0.717) is 11.2 Å². The second kappa shape index (κ2) is 9.78. The fourth-order valence-corrected chi connectivity index (χ4v) is 5.61. The molecule has 0 spiro atoms. The van der Waals surface area contributed by atoms with E-state index in [9.17, 15) is 0 Å². The van der Waals surface area contributed by atoms with Crippen molar-refractivity contribution in [2.24, 2.45) is 0 Å². The Hall–Kier alpha value is -3.64. The smallest absolute Gasteiger partial charge is 0.174 e. The summed E-state index contributed by atoms with van der Waals surface area (Å²) >= 11 is 5.91. The van der Waals surface area contributed by atoms with Crippen LogP contribution in [0.4, 0.5) is 5.69 Å². The zero-order chi connectivity index (χ0) is 25.4. The number of pyridine rings is 1. The third kappa shape index (κ3) is 4.49. The van der Waals surface area contributed by atoms with Crippen LogP contribution in [0, 0.1) is 20.8 Å². The first-order valence-electron chi connectivity index (χ1n) is 12.4. The van der Waals surface area contributed by atoms with Crippen LogP contribution in [0.1, 0.15) is 60.2 Å². The van der Waals surface area contributed by atoms with E-state index in [4.69, 9.17) is 17.0 Å². The molecule has 1 fully saturated rings. The van der Waals surface area contributed by atoms with Crippen LogP contribution in [0.5, 0.6) is 11.5 Å². The first-order chi connectivity index (χ1) is 17.3. The summed E-state index contributed by atoms with van der Waals surface area (Å²) in [6, 6.07) is 24.8. The van der Waals surface area contributed by atoms with Crippen LogP contribution < -0.4 is 15.0 Å². The molecule has 36 heavy (non-hydrogen) atoms. The van der Waals surface area contributed by atoms with E-state index in [0.717, 1.165) is 22.9 Å². The van der Waals surface area contributed by atoms with Gasteiger partial charge in [-0.15, -0.1) is 0 Å². The predicted octanol–water partition coefficient (Wildman–Crippen LogP) is 7.36. The van der Waals surface area contributed by atoms with E-state index in [1.165, 1.54) is 22.5 Å². The van der Waals surface area contributed by atoms with Crippen molar-refractivity contribution in [3.05, 3.63) is 107 Å². The predicted molar refractivity (Wildman–Crippen MR) is 150 cm³/mol. The number of hydrogen-bond donors (Lipinski definition) is 1. The maximum Gasteiger partial charge on any atom is 0.174 e. The molecule has 1 aliphatic rings. The summed E-state index contributed by atoms with van der Waals surface area (Å²) in [7, 11) is 0. The van der Waals surface area contributed by atoms with Crippen LogP contribution in [0.15, 0.2) is 79.0 Å². The van der Waals surface area contributed by atoms with Crippen molar-refractivity contribution in [3.8, 4) is 11.5 Å². The summed E-state index contributed by atoms with van der Waals surface area (Å²) in [4.78, 5) is 6.90. The minimum absolute atomic E-state index is 0.0324. The second-order valence-corrected chi connectivity index (χ2v) is 10.1. The van der Waals surface area contributed by atoms with Gasteiger partial charge in [0.25, 0.3) is 0 Å². The molecule has 5 rings (SSSR count). The first-order valence-corrected chi connectivity index (χ1v) is 12.8. The van der Waals surface area contributed by atoms with Gasteiger partial charge in [-0.3, -0.25) is 4.98 Å². The molecule has 2 aromatic heterocycles. The minimum Gasteiger partial charge on any atom is -0.457 e. The van der Waals surface area contributed by atoms with Gasteiger partial charge in [0.2, 0.25) is 0 Å². The Morgan fingerprint density at radius 2 is 1.58 bits per heavy atom. The molecule has 1 N–H and O–H groups in total. The Balaban J connectivity index is 1.53. The van der Waals surface area contributed by atoms with Crippen LogP contribution in [0.3, 0.4) is 0 Å². The maximum absolute atomic E-state index is 6.06. The average molecular weight is 497 g/mol. The largest absolute Gasteiger partial charge is 0.457 e. The SMILES string of the molecule is Cc1ccc(Oc2ccc(N3C(=S)NC(c4ccccn4)C3c3cc(C)n(C(C)C)c3C)cc2)cc1. The van der Waals surface area contributed by atoms with Crippen molar-refractivity contribution in [1.29, 1.82) is 0 Å². The number of nitrogens with one attached hydrogen (secondary N) is 1. The molecule has 184 valence electrons. The number of rotatable bonds is 6. The minimum atomic E-state index is -0.0664. The average Bonchev–Trinajstić information content (AvgIpc) is 3.36. The van der Waals surface area contributed by atoms with Crippen molar-refractivity contribution < 1.29 is 4.74 Å². The Kier molecular flexibility index (Phi) is 6.54. The van der Waals surface area contributed by atoms with E-state index in [-0.39, 0.29) is 12.1 Å². The summed E-state index contributed by atoms with van der Waals surface area (Å²) in [6.07, 6.45) is 1.84. The molecule has 5 nitrogen and oxygen atoms in total. The summed E-state index contributed by atoms with van der Waals surface area (Å²) in [5.41, 5.74) is 6.95. The fraction of sp³-hybridized carbons (Fsp3) is 0.267. The lowest BCUT2D eigenvalue weighted by atomic mass is 9.96. The number of hydrogen-bond acceptors (Lipinski definition) is 3. The van der Waals surface area contributed by atoms with Gasteiger partial charge in [0.1, 0.15) is 11.5 Å². The highest BCUT2D eigenvalue weighted by Gasteiger charge is 2.42. The van der Waals surface area contributed by atoms with Crippen LogP contribution in [-0.2, 0) is 0 Å². The van der Waals surface area contributed by atoms with E-state index >= 15 is 0 Å². The van der Waals surface area contributed by atoms with Gasteiger partial charge in [0.05, 0.1) is 17.8 Å². The van der Waals surface area contributed by atoms with Crippen molar-refractivity contribution >= 4 is 23.0 Å². The molecule has 2 aromatic carbocycles. The summed E-state index contributed by atoms with van der Waals surface area (Å²) < 4.78 is 8.46. The number of ether oxygens (including phenoxy) is 1. The summed E-state index contributed by atoms with van der Waals surface area (Å²) in [6.45, 7) is 10.9. The van der Waals surface area contributed by atoms with Gasteiger partial charge in [-0.25, -0.2) is 0 Å². The lowest BCUT2D eigenvalue weighted by Gasteiger charge is -2.28. The highest BCUT2D eigenvalue weighted by molar-refractivity contribution is 7.80. The highest BCUT2D eigenvalue weighted by Crippen LogP contribution is 2.44. The zero-order valence-electron chi connectivity index (χ0n) is 21.4. The monoisotopic (exact) mass is 496 g/mol. The molecule has 1 saturated heterocycles. The van der Waals surface area contributed by atoms with Gasteiger partial charge < -0.3 is 19.5 Å². The third-order valence-corrected chi connectivity index (χ3v) is 7.14. The molecule has 0 saturated carbocycles. The lowest BCUT2D eigenvalue weighted by Crippen LogP contribution is -2.29. The van der Waals surface area contributed by atoms with Crippen LogP contribution >= 0.6 is 12.2 Å². The molecule has 0 bridgehead atoms. The second-order valence-electron chi connectivity index (χ2n) is 9.70. The topological polar surface area (TPSA) is 42.3 Å². The van der Waals surface area contributed by atoms with Crippen molar-refractivity contribution in [3.63, 3.8) is 0 Å².